The number of hydrogen-bond donors (Lipinski definition) is 1. The molecule has 0 aromatic heterocycles. The zero-order valence-electron chi connectivity index (χ0n) is 14.5. The van der Waals surface area contributed by atoms with Crippen LogP contribution < -0.4 is 4.74 Å². The van der Waals surface area contributed by atoms with Crippen LogP contribution in [0.4, 0.5) is 35.1 Å². The van der Waals surface area contributed by atoms with E-state index in [4.69, 9.17) is 5.11 Å². The van der Waals surface area contributed by atoms with Gasteiger partial charge in [0.25, 0.3) is 0 Å². The number of halogens is 8. The lowest BCUT2D eigenvalue weighted by Gasteiger charge is -2.18. The molecule has 0 saturated carbocycles. The van der Waals surface area contributed by atoms with Gasteiger partial charge in [-0.05, 0) is 12.8 Å². The first-order valence-electron chi connectivity index (χ1n) is 8.05. The average molecular weight is 442 g/mol. The Morgan fingerprint density at radius 3 is 1.67 bits per heavy atom. The number of carbonyl (C=O) groups excluding carboxylic acids is 1. The summed E-state index contributed by atoms with van der Waals surface area (Å²) >= 11 is 0. The Balaban J connectivity index is 2.52. The molecule has 0 aliphatic carbocycles. The minimum absolute atomic E-state index is 0.172. The molecule has 0 radical (unpaired) electrons. The standard InChI is InChI=1S/C18H10F8O4/c19-7-4-8(20)14(24)12(13(7)23)6(2-1-3-11(27)28)18(29)30-17-15(25)9(21)5-10(22)16(17)26/h4-6H,1-3H2,(H,27,28). The fourth-order valence-electron chi connectivity index (χ4n) is 2.55. The van der Waals surface area contributed by atoms with E-state index in [-0.39, 0.29) is 12.1 Å². The molecule has 1 N–H and O–H groups in total. The van der Waals surface area contributed by atoms with Gasteiger partial charge in [0.2, 0.25) is 17.4 Å². The second kappa shape index (κ2) is 9.09. The van der Waals surface area contributed by atoms with Gasteiger partial charge >= 0.3 is 11.9 Å². The SMILES string of the molecule is O=C(O)CCCC(C(=O)Oc1c(F)c(F)cc(F)c1F)c1c(F)c(F)cc(F)c1F. The Morgan fingerprint density at radius 1 is 0.800 bits per heavy atom. The van der Waals surface area contributed by atoms with Crippen molar-refractivity contribution in [3.8, 4) is 5.75 Å². The Morgan fingerprint density at radius 2 is 1.23 bits per heavy atom. The highest BCUT2D eigenvalue weighted by Crippen LogP contribution is 2.34. The lowest BCUT2D eigenvalue weighted by Crippen LogP contribution is -2.24. The van der Waals surface area contributed by atoms with Gasteiger partial charge in [0.15, 0.2) is 34.9 Å². The maximum atomic E-state index is 14.1. The zero-order valence-corrected chi connectivity index (χ0v) is 14.5. The number of hydrogen-bond acceptors (Lipinski definition) is 3. The Bertz CT molecular complexity index is 956. The summed E-state index contributed by atoms with van der Waals surface area (Å²) in [5.41, 5.74) is -1.54. The van der Waals surface area contributed by atoms with Gasteiger partial charge in [0.05, 0.1) is 5.92 Å². The van der Waals surface area contributed by atoms with Crippen LogP contribution in [0.15, 0.2) is 12.1 Å². The zero-order chi connectivity index (χ0) is 22.7. The fourth-order valence-corrected chi connectivity index (χ4v) is 2.55. The van der Waals surface area contributed by atoms with E-state index in [2.05, 4.69) is 4.74 Å². The molecule has 2 aromatic carbocycles. The molecule has 0 heterocycles. The second-order valence-electron chi connectivity index (χ2n) is 5.94. The summed E-state index contributed by atoms with van der Waals surface area (Å²) in [6.45, 7) is 0. The van der Waals surface area contributed by atoms with Crippen molar-refractivity contribution in [3.05, 3.63) is 64.2 Å². The number of carboxylic acids is 1. The molecule has 12 heteroatoms. The van der Waals surface area contributed by atoms with Crippen molar-refractivity contribution in [1.82, 2.24) is 0 Å². The van der Waals surface area contributed by atoms with Gasteiger partial charge in [0.1, 0.15) is 0 Å². The quantitative estimate of drug-likeness (QED) is 0.291. The van der Waals surface area contributed by atoms with E-state index in [1.54, 1.807) is 0 Å². The van der Waals surface area contributed by atoms with Crippen molar-refractivity contribution in [3.63, 3.8) is 0 Å². The molecule has 0 aliphatic rings. The highest BCUT2D eigenvalue weighted by Gasteiger charge is 2.34. The maximum absolute atomic E-state index is 14.1. The number of ether oxygens (including phenoxy) is 1. The number of carboxylic acid groups (broad SMARTS) is 1. The summed E-state index contributed by atoms with van der Waals surface area (Å²) in [6, 6.07) is -0.372. The van der Waals surface area contributed by atoms with Crippen molar-refractivity contribution in [1.29, 1.82) is 0 Å². The molecule has 1 unspecified atom stereocenters. The van der Waals surface area contributed by atoms with E-state index in [0.29, 0.717) is 0 Å². The van der Waals surface area contributed by atoms with E-state index in [9.17, 15) is 44.7 Å². The first-order chi connectivity index (χ1) is 14.0. The smallest absolute Gasteiger partial charge is 0.319 e. The predicted molar refractivity (Wildman–Crippen MR) is 82.4 cm³/mol. The van der Waals surface area contributed by atoms with Crippen LogP contribution in [0.5, 0.6) is 5.75 Å². The number of aliphatic carboxylic acids is 1. The van der Waals surface area contributed by atoms with Crippen molar-refractivity contribution in [2.24, 2.45) is 0 Å². The third kappa shape index (κ3) is 4.69. The minimum Gasteiger partial charge on any atom is -0.481 e. The average Bonchev–Trinajstić information content (AvgIpc) is 2.66. The summed E-state index contributed by atoms with van der Waals surface area (Å²) in [4.78, 5) is 22.9. The maximum Gasteiger partial charge on any atom is 0.319 e. The molecule has 4 nitrogen and oxygen atoms in total. The molecular weight excluding hydrogens is 432 g/mol. The van der Waals surface area contributed by atoms with Crippen LogP contribution in [0, 0.1) is 46.5 Å². The van der Waals surface area contributed by atoms with Crippen molar-refractivity contribution in [2.45, 2.75) is 25.2 Å². The van der Waals surface area contributed by atoms with E-state index >= 15 is 0 Å². The van der Waals surface area contributed by atoms with E-state index < -0.39 is 95.0 Å². The highest BCUT2D eigenvalue weighted by atomic mass is 19.2. The normalized spacial score (nSPS) is 12.0. The summed E-state index contributed by atoms with van der Waals surface area (Å²) in [7, 11) is 0. The summed E-state index contributed by atoms with van der Waals surface area (Å²) in [5.74, 6) is -23.7. The Labute approximate surface area is 162 Å². The van der Waals surface area contributed by atoms with Crippen molar-refractivity contribution < 1.29 is 54.6 Å². The van der Waals surface area contributed by atoms with Crippen LogP contribution in [0.1, 0.15) is 30.7 Å². The highest BCUT2D eigenvalue weighted by molar-refractivity contribution is 5.80. The molecule has 1 atom stereocenters. The molecule has 0 fully saturated rings. The number of carbonyl (C=O) groups is 2. The lowest BCUT2D eigenvalue weighted by molar-refractivity contribution is -0.139. The van der Waals surface area contributed by atoms with Gasteiger partial charge < -0.3 is 9.84 Å². The van der Waals surface area contributed by atoms with Gasteiger partial charge in [-0.15, -0.1) is 0 Å². The van der Waals surface area contributed by atoms with Gasteiger partial charge in [-0.25, -0.2) is 26.3 Å². The summed E-state index contributed by atoms with van der Waals surface area (Å²) in [6.07, 6.45) is -1.96. The molecular formula is C18H10F8O4. The first-order valence-corrected chi connectivity index (χ1v) is 8.05. The van der Waals surface area contributed by atoms with Crippen LogP contribution in [0.3, 0.4) is 0 Å². The van der Waals surface area contributed by atoms with Crippen LogP contribution in [0.2, 0.25) is 0 Å². The van der Waals surface area contributed by atoms with Gasteiger partial charge in [-0.3, -0.25) is 9.59 Å². The molecule has 162 valence electrons. The predicted octanol–water partition coefficient (Wildman–Crippen LogP) is 4.74. The van der Waals surface area contributed by atoms with E-state index in [0.717, 1.165) is 0 Å². The molecule has 0 bridgehead atoms. The second-order valence-corrected chi connectivity index (χ2v) is 5.94. The molecule has 0 aliphatic heterocycles. The van der Waals surface area contributed by atoms with Crippen LogP contribution in [0.25, 0.3) is 0 Å². The molecule has 2 aromatic rings. The van der Waals surface area contributed by atoms with Crippen molar-refractivity contribution >= 4 is 11.9 Å². The van der Waals surface area contributed by atoms with Gasteiger partial charge in [-0.1, -0.05) is 0 Å². The van der Waals surface area contributed by atoms with Gasteiger partial charge in [-0.2, -0.15) is 8.78 Å². The number of rotatable bonds is 7. The van der Waals surface area contributed by atoms with Crippen LogP contribution >= 0.6 is 0 Å². The van der Waals surface area contributed by atoms with E-state index in [1.807, 2.05) is 0 Å². The molecule has 2 rings (SSSR count). The van der Waals surface area contributed by atoms with Crippen LogP contribution in [-0.2, 0) is 9.59 Å². The number of esters is 1. The molecule has 0 spiro atoms. The Hall–Kier alpha value is -3.18. The minimum atomic E-state index is -2.31. The first kappa shape index (κ1) is 23.1. The third-order valence-corrected chi connectivity index (χ3v) is 3.94. The lowest BCUT2D eigenvalue weighted by atomic mass is 9.92. The molecule has 0 amide bonds. The summed E-state index contributed by atoms with van der Waals surface area (Å²) in [5, 5.41) is 8.64. The number of benzene rings is 2. The molecule has 30 heavy (non-hydrogen) atoms. The fraction of sp³-hybridized carbons (Fsp3) is 0.222. The Kier molecular flexibility index (Phi) is 7.00. The van der Waals surface area contributed by atoms with Crippen molar-refractivity contribution in [2.75, 3.05) is 0 Å². The van der Waals surface area contributed by atoms with Gasteiger partial charge in [0, 0.05) is 24.1 Å². The summed E-state index contributed by atoms with van der Waals surface area (Å²) < 4.78 is 113. The third-order valence-electron chi connectivity index (χ3n) is 3.94. The topological polar surface area (TPSA) is 63.6 Å². The largest absolute Gasteiger partial charge is 0.481 e. The van der Waals surface area contributed by atoms with Crippen LogP contribution in [-0.4, -0.2) is 17.0 Å². The molecule has 0 saturated heterocycles. The monoisotopic (exact) mass is 442 g/mol. The van der Waals surface area contributed by atoms with E-state index in [1.165, 1.54) is 0 Å².